The van der Waals surface area contributed by atoms with E-state index in [0.29, 0.717) is 58.3 Å². The van der Waals surface area contributed by atoms with E-state index in [1.165, 1.54) is 16.1 Å². The van der Waals surface area contributed by atoms with Crippen LogP contribution >= 0.6 is 35.0 Å². The molecule has 1 saturated heterocycles. The van der Waals surface area contributed by atoms with E-state index in [1.54, 1.807) is 53.7 Å². The molecule has 2 atom stereocenters. The van der Waals surface area contributed by atoms with E-state index in [2.05, 4.69) is 9.89 Å². The number of aliphatic imine (C=N–C) groups is 1. The highest BCUT2D eigenvalue weighted by Crippen LogP contribution is 2.47. The van der Waals surface area contributed by atoms with E-state index in [0.717, 1.165) is 0 Å². The molecule has 13 heteroatoms. The summed E-state index contributed by atoms with van der Waals surface area (Å²) in [6.45, 7) is 2.36. The first-order valence-electron chi connectivity index (χ1n) is 10.9. The largest absolute Gasteiger partial charge is 0.311 e. The van der Waals surface area contributed by atoms with Crippen LogP contribution in [0.4, 0.5) is 11.4 Å². The minimum atomic E-state index is -3.57. The minimum Gasteiger partial charge on any atom is -0.311 e. The molecule has 4 N–H and O–H groups in total. The highest BCUT2D eigenvalue weighted by molar-refractivity contribution is 8.04. The Labute approximate surface area is 219 Å². The zero-order chi connectivity index (χ0) is 24.9. The third-order valence-electron chi connectivity index (χ3n) is 6.26. The number of anilines is 2. The normalized spacial score (nSPS) is 23.8. The van der Waals surface area contributed by atoms with Crippen molar-refractivity contribution in [1.29, 1.82) is 0 Å². The monoisotopic (exact) mass is 553 g/mol. The predicted octanol–water partition coefficient (Wildman–Crippen LogP) is 2.73. The fourth-order valence-electron chi connectivity index (χ4n) is 4.31. The zero-order valence-electron chi connectivity index (χ0n) is 18.9. The molecule has 0 aliphatic carbocycles. The molecule has 1 fully saturated rings. The molecular formula is C22H25Cl2N7O2S2. The maximum absolute atomic E-state index is 13.1. The Morgan fingerprint density at radius 1 is 1.00 bits per heavy atom. The van der Waals surface area contributed by atoms with Crippen LogP contribution in [0.15, 0.2) is 63.1 Å². The summed E-state index contributed by atoms with van der Waals surface area (Å²) in [6.07, 6.45) is 0.987. The number of hydrogen-bond donors (Lipinski definition) is 2. The second-order valence-corrected chi connectivity index (χ2v) is 12.3. The number of likely N-dealkylation sites (N-methyl/N-ethyl adjacent to an activating group) is 1. The number of sulfonamides is 1. The van der Waals surface area contributed by atoms with Gasteiger partial charge in [0.15, 0.2) is 0 Å². The first-order chi connectivity index (χ1) is 16.7. The number of nitrogens with zero attached hydrogens (tertiary/aromatic N) is 5. The van der Waals surface area contributed by atoms with Crippen molar-refractivity contribution in [1.82, 2.24) is 9.21 Å². The Hall–Kier alpha value is -1.83. The fourth-order valence-corrected chi connectivity index (χ4v) is 7.32. The number of thioether (sulfide) groups is 1. The Bertz CT molecular complexity index is 1280. The standard InChI is InChI=1S/C22H25Cl2N7O2S2/c1-28-9-11-29(12-10-28)35(32,33)15-7-5-14(6-8-15)30-13-27-21-19(20(30)25)31(22(26)34-21)18-16(23)3-2-4-17(18)24/h2-8,13,20,22H,9-12,25-26H2,1H3. The zero-order valence-corrected chi connectivity index (χ0v) is 22.0. The third kappa shape index (κ3) is 4.44. The molecule has 5 rings (SSSR count). The Morgan fingerprint density at radius 3 is 2.26 bits per heavy atom. The number of para-hydroxylation sites is 1. The third-order valence-corrected chi connectivity index (χ3v) is 9.77. The molecule has 2 aromatic rings. The lowest BCUT2D eigenvalue weighted by atomic mass is 10.2. The van der Waals surface area contributed by atoms with Crippen LogP contribution in [0.1, 0.15) is 0 Å². The molecular weight excluding hydrogens is 529 g/mol. The topological polar surface area (TPSA) is 112 Å². The molecule has 0 saturated carbocycles. The van der Waals surface area contributed by atoms with Gasteiger partial charge < -0.3 is 26.2 Å². The van der Waals surface area contributed by atoms with Crippen molar-refractivity contribution in [2.45, 2.75) is 16.6 Å². The Kier molecular flexibility index (Phi) is 6.79. The van der Waals surface area contributed by atoms with Crippen LogP contribution in [0, 0.1) is 0 Å². The number of hydrogen-bond acceptors (Lipinski definition) is 9. The van der Waals surface area contributed by atoms with Crippen molar-refractivity contribution >= 4 is 62.7 Å². The molecule has 186 valence electrons. The summed E-state index contributed by atoms with van der Waals surface area (Å²) in [5.41, 5.74) is 14.5. The molecule has 9 nitrogen and oxygen atoms in total. The summed E-state index contributed by atoms with van der Waals surface area (Å²) >= 11 is 14.3. The summed E-state index contributed by atoms with van der Waals surface area (Å²) in [7, 11) is -1.58. The number of piperazine rings is 1. The summed E-state index contributed by atoms with van der Waals surface area (Å²) in [4.78, 5) is 10.5. The fraction of sp³-hybridized carbons (Fsp3) is 0.318. The van der Waals surface area contributed by atoms with Crippen molar-refractivity contribution in [3.05, 3.63) is 63.2 Å². The average molecular weight is 555 g/mol. The first-order valence-corrected chi connectivity index (χ1v) is 14.0. The molecule has 0 aromatic heterocycles. The summed E-state index contributed by atoms with van der Waals surface area (Å²) in [5, 5.41) is 1.59. The van der Waals surface area contributed by atoms with Crippen molar-refractivity contribution in [3.63, 3.8) is 0 Å². The Balaban J connectivity index is 1.41. The average Bonchev–Trinajstić information content (AvgIpc) is 3.16. The second kappa shape index (κ2) is 9.56. The van der Waals surface area contributed by atoms with Crippen LogP contribution in [0.3, 0.4) is 0 Å². The lowest BCUT2D eigenvalue weighted by molar-refractivity contribution is 0.222. The molecule has 35 heavy (non-hydrogen) atoms. The summed E-state index contributed by atoms with van der Waals surface area (Å²) in [6, 6.07) is 11.9. The van der Waals surface area contributed by atoms with Crippen LogP contribution < -0.4 is 21.3 Å². The van der Waals surface area contributed by atoms with E-state index in [-0.39, 0.29) is 4.90 Å². The Morgan fingerprint density at radius 2 is 1.63 bits per heavy atom. The molecule has 3 aliphatic heterocycles. The summed E-state index contributed by atoms with van der Waals surface area (Å²) in [5.74, 6) is 0. The van der Waals surface area contributed by atoms with Gasteiger partial charge in [-0.2, -0.15) is 4.31 Å². The van der Waals surface area contributed by atoms with E-state index in [9.17, 15) is 8.42 Å². The highest BCUT2D eigenvalue weighted by Gasteiger charge is 2.40. The SMILES string of the molecule is CN1CCN(S(=O)(=O)c2ccc(N3C=NC4=C(C3N)N(c3c(Cl)cccc3Cl)C(N)S4)cc2)CC1. The maximum atomic E-state index is 13.1. The predicted molar refractivity (Wildman–Crippen MR) is 143 cm³/mol. The van der Waals surface area contributed by atoms with Gasteiger partial charge in [-0.15, -0.1) is 0 Å². The quantitative estimate of drug-likeness (QED) is 0.594. The van der Waals surface area contributed by atoms with Crippen molar-refractivity contribution in [3.8, 4) is 0 Å². The van der Waals surface area contributed by atoms with Gasteiger partial charge in [-0.25, -0.2) is 13.4 Å². The molecule has 0 radical (unpaired) electrons. The number of benzene rings is 2. The molecule has 0 amide bonds. The van der Waals surface area contributed by atoms with Crippen molar-refractivity contribution < 1.29 is 8.42 Å². The number of halogens is 2. The van der Waals surface area contributed by atoms with Gasteiger partial charge in [-0.1, -0.05) is 41.0 Å². The van der Waals surface area contributed by atoms with Crippen molar-refractivity contribution in [2.75, 3.05) is 43.0 Å². The molecule has 3 heterocycles. The molecule has 2 unspecified atom stereocenters. The molecule has 3 aliphatic rings. The molecule has 2 aromatic carbocycles. The first kappa shape index (κ1) is 24.8. The second-order valence-electron chi connectivity index (χ2n) is 8.44. The van der Waals surface area contributed by atoms with Gasteiger partial charge in [0.25, 0.3) is 0 Å². The van der Waals surface area contributed by atoms with Crippen molar-refractivity contribution in [2.24, 2.45) is 16.5 Å². The van der Waals surface area contributed by atoms with Gasteiger partial charge in [0.05, 0.1) is 32.7 Å². The summed E-state index contributed by atoms with van der Waals surface area (Å²) < 4.78 is 27.7. The van der Waals surface area contributed by atoms with Crippen LogP contribution in [0.25, 0.3) is 0 Å². The van der Waals surface area contributed by atoms with Crippen LogP contribution in [-0.2, 0) is 10.0 Å². The number of nitrogens with two attached hydrogens (primary N) is 2. The van der Waals surface area contributed by atoms with E-state index >= 15 is 0 Å². The molecule has 0 spiro atoms. The van der Waals surface area contributed by atoms with Crippen LogP contribution in [0.5, 0.6) is 0 Å². The van der Waals surface area contributed by atoms with E-state index < -0.39 is 21.7 Å². The van der Waals surface area contributed by atoms with Gasteiger partial charge in [-0.3, -0.25) is 0 Å². The van der Waals surface area contributed by atoms with Gasteiger partial charge in [0.1, 0.15) is 16.7 Å². The van der Waals surface area contributed by atoms with Gasteiger partial charge in [0, 0.05) is 31.9 Å². The lowest BCUT2D eigenvalue weighted by Gasteiger charge is -2.36. The smallest absolute Gasteiger partial charge is 0.243 e. The van der Waals surface area contributed by atoms with E-state index in [4.69, 9.17) is 34.7 Å². The lowest BCUT2D eigenvalue weighted by Crippen LogP contribution is -2.50. The van der Waals surface area contributed by atoms with Gasteiger partial charge in [0.2, 0.25) is 10.0 Å². The number of rotatable bonds is 4. The maximum Gasteiger partial charge on any atom is 0.243 e. The highest BCUT2D eigenvalue weighted by atomic mass is 35.5. The minimum absolute atomic E-state index is 0.246. The van der Waals surface area contributed by atoms with Gasteiger partial charge in [-0.05, 0) is 43.4 Å². The van der Waals surface area contributed by atoms with Gasteiger partial charge >= 0.3 is 0 Å². The molecule has 0 bridgehead atoms. The van der Waals surface area contributed by atoms with E-state index in [1.807, 2.05) is 11.9 Å². The van der Waals surface area contributed by atoms with Crippen LogP contribution in [-0.4, -0.2) is 68.9 Å². The van der Waals surface area contributed by atoms with Crippen LogP contribution in [0.2, 0.25) is 10.0 Å².